The highest BCUT2D eigenvalue weighted by Crippen LogP contribution is 2.30. The number of hydrogen-bond acceptors (Lipinski definition) is 7. The Labute approximate surface area is 182 Å². The van der Waals surface area contributed by atoms with Crippen LogP contribution in [0.2, 0.25) is 0 Å². The second-order valence-electron chi connectivity index (χ2n) is 8.08. The van der Waals surface area contributed by atoms with Crippen LogP contribution < -0.4 is 0 Å². The number of hydrogen-bond donors (Lipinski definition) is 0. The lowest BCUT2D eigenvalue weighted by Crippen LogP contribution is -2.49. The molecule has 0 radical (unpaired) electrons. The van der Waals surface area contributed by atoms with Crippen LogP contribution in [0.1, 0.15) is 67.1 Å². The predicted molar refractivity (Wildman–Crippen MR) is 115 cm³/mol. The van der Waals surface area contributed by atoms with E-state index in [4.69, 9.17) is 0 Å². The second kappa shape index (κ2) is 9.48. The van der Waals surface area contributed by atoms with E-state index in [2.05, 4.69) is 11.1 Å². The van der Waals surface area contributed by atoms with Gasteiger partial charge in [0.1, 0.15) is 11.1 Å². The Balaban J connectivity index is 1.78. The molecule has 1 aromatic heterocycles. The molecule has 1 aliphatic heterocycles. The molecule has 0 N–H and O–H groups in total. The molecule has 1 atom stereocenters. The number of Topliss-reactive ketones (excluding diaryl/α,β-unsaturated/α-hetero) is 1. The number of aryl methyl sites for hydroxylation is 1. The number of aromatic nitrogens is 1. The molecular weight excluding hydrogens is 422 g/mol. The maximum Gasteiger partial charge on any atom is 0.233 e. The molecule has 0 aromatic carbocycles. The maximum absolute atomic E-state index is 13.2. The zero-order valence-electron chi connectivity index (χ0n) is 17.4. The molecule has 1 aliphatic carbocycles. The van der Waals surface area contributed by atoms with Crippen molar-refractivity contribution in [2.75, 3.05) is 17.3 Å². The Hall–Kier alpha value is -1.92. The van der Waals surface area contributed by atoms with Crippen LogP contribution in [0.5, 0.6) is 0 Å². The van der Waals surface area contributed by atoms with Crippen LogP contribution in [-0.2, 0) is 14.6 Å². The van der Waals surface area contributed by atoms with Gasteiger partial charge in [-0.1, -0.05) is 31.0 Å². The highest BCUT2D eigenvalue weighted by Gasteiger charge is 2.38. The molecule has 2 heterocycles. The molecule has 1 saturated heterocycles. The molecule has 0 spiro atoms. The number of nitrogens with zero attached hydrogens (tertiary/aromatic N) is 3. The van der Waals surface area contributed by atoms with Crippen molar-refractivity contribution in [3.63, 3.8) is 0 Å². The molecule has 7 nitrogen and oxygen atoms in total. The minimum absolute atomic E-state index is 0.0357. The molecule has 9 heteroatoms. The van der Waals surface area contributed by atoms with Gasteiger partial charge in [-0.25, -0.2) is 13.4 Å². The van der Waals surface area contributed by atoms with Crippen LogP contribution in [0.3, 0.4) is 0 Å². The van der Waals surface area contributed by atoms with Crippen molar-refractivity contribution in [1.29, 1.82) is 5.26 Å². The van der Waals surface area contributed by atoms with Crippen molar-refractivity contribution in [2.45, 2.75) is 69.5 Å². The maximum atomic E-state index is 13.2. The lowest BCUT2D eigenvalue weighted by atomic mass is 9.93. The van der Waals surface area contributed by atoms with E-state index < -0.39 is 9.84 Å². The first kappa shape index (κ1) is 22.8. The minimum Gasteiger partial charge on any atom is -0.335 e. The number of pyridine rings is 1. The molecule has 0 bridgehead atoms. The van der Waals surface area contributed by atoms with Gasteiger partial charge < -0.3 is 4.90 Å². The van der Waals surface area contributed by atoms with E-state index in [1.54, 1.807) is 6.92 Å². The van der Waals surface area contributed by atoms with Crippen LogP contribution in [-0.4, -0.2) is 59.3 Å². The summed E-state index contributed by atoms with van der Waals surface area (Å²) >= 11 is 1.18. The normalized spacial score (nSPS) is 21.2. The summed E-state index contributed by atoms with van der Waals surface area (Å²) in [6.45, 7) is 3.14. The Kier molecular flexibility index (Phi) is 7.19. The number of carbonyl (C=O) groups excluding carboxylic acids is 2. The van der Waals surface area contributed by atoms with Crippen LogP contribution in [0.4, 0.5) is 0 Å². The van der Waals surface area contributed by atoms with Crippen molar-refractivity contribution in [1.82, 2.24) is 9.88 Å². The molecular formula is C21H27N3O4S2. The number of carbonyl (C=O) groups is 2. The van der Waals surface area contributed by atoms with Gasteiger partial charge in [-0.15, -0.1) is 0 Å². The topological polar surface area (TPSA) is 108 Å². The van der Waals surface area contributed by atoms with Crippen LogP contribution >= 0.6 is 11.8 Å². The first-order chi connectivity index (χ1) is 14.2. The predicted octanol–water partition coefficient (Wildman–Crippen LogP) is 2.90. The van der Waals surface area contributed by atoms with Crippen LogP contribution in [0.25, 0.3) is 0 Å². The minimum atomic E-state index is -3.10. The molecule has 2 aliphatic rings. The summed E-state index contributed by atoms with van der Waals surface area (Å²) in [5, 5.41) is 9.87. The van der Waals surface area contributed by atoms with Gasteiger partial charge >= 0.3 is 0 Å². The van der Waals surface area contributed by atoms with Gasteiger partial charge in [0.2, 0.25) is 5.91 Å². The number of amides is 1. The van der Waals surface area contributed by atoms with Gasteiger partial charge in [0, 0.05) is 23.3 Å². The third kappa shape index (κ3) is 5.22. The zero-order chi connectivity index (χ0) is 21.9. The Morgan fingerprint density at radius 1 is 1.23 bits per heavy atom. The highest BCUT2D eigenvalue weighted by atomic mass is 32.2. The Morgan fingerprint density at radius 2 is 1.93 bits per heavy atom. The fraction of sp³-hybridized carbons (Fsp3) is 0.619. The zero-order valence-corrected chi connectivity index (χ0v) is 19.0. The van der Waals surface area contributed by atoms with Crippen molar-refractivity contribution < 1.29 is 18.0 Å². The third-order valence-electron chi connectivity index (χ3n) is 5.87. The SMILES string of the molecule is CC(=O)c1cc(C#N)c(SCC(=O)N(C2CCCCC2)C2CCS(=O)(=O)C2)nc1C. The van der Waals surface area contributed by atoms with E-state index in [1.165, 1.54) is 24.8 Å². The Morgan fingerprint density at radius 3 is 2.50 bits per heavy atom. The van der Waals surface area contributed by atoms with Crippen LogP contribution in [0, 0.1) is 18.3 Å². The smallest absolute Gasteiger partial charge is 0.233 e. The van der Waals surface area contributed by atoms with Gasteiger partial charge in [0.15, 0.2) is 15.6 Å². The largest absolute Gasteiger partial charge is 0.335 e. The fourth-order valence-corrected chi connectivity index (χ4v) is 6.98. The first-order valence-corrected chi connectivity index (χ1v) is 13.1. The summed E-state index contributed by atoms with van der Waals surface area (Å²) in [7, 11) is -3.10. The van der Waals surface area contributed by atoms with Crippen molar-refractivity contribution in [3.8, 4) is 6.07 Å². The lowest BCUT2D eigenvalue weighted by Gasteiger charge is -2.38. The average molecular weight is 450 g/mol. The fourth-order valence-electron chi connectivity index (χ4n) is 4.39. The number of thioether (sulfide) groups is 1. The summed E-state index contributed by atoms with van der Waals surface area (Å²) in [5.74, 6) is -0.00240. The van der Waals surface area contributed by atoms with Gasteiger partial charge in [-0.2, -0.15) is 5.26 Å². The number of rotatable bonds is 6. The molecule has 1 amide bonds. The Bertz CT molecular complexity index is 979. The van der Waals surface area contributed by atoms with Crippen molar-refractivity contribution >= 4 is 33.3 Å². The van der Waals surface area contributed by atoms with Crippen LogP contribution in [0.15, 0.2) is 11.1 Å². The van der Waals surface area contributed by atoms with Crippen molar-refractivity contribution in [3.05, 3.63) is 22.9 Å². The first-order valence-electron chi connectivity index (χ1n) is 10.3. The van der Waals surface area contributed by atoms with Gasteiger partial charge in [-0.05, 0) is 39.2 Å². The molecule has 30 heavy (non-hydrogen) atoms. The van der Waals surface area contributed by atoms with E-state index in [-0.39, 0.29) is 46.6 Å². The van der Waals surface area contributed by atoms with Gasteiger partial charge in [0.25, 0.3) is 0 Å². The molecule has 1 unspecified atom stereocenters. The van der Waals surface area contributed by atoms with Crippen molar-refractivity contribution in [2.24, 2.45) is 0 Å². The second-order valence-corrected chi connectivity index (χ2v) is 11.3. The summed E-state index contributed by atoms with van der Waals surface area (Å²) in [6.07, 6.45) is 5.54. The van der Waals surface area contributed by atoms with E-state index in [0.717, 1.165) is 32.1 Å². The molecule has 1 aromatic rings. The quantitative estimate of drug-likeness (QED) is 0.485. The highest BCUT2D eigenvalue weighted by molar-refractivity contribution is 8.00. The molecule has 1 saturated carbocycles. The summed E-state index contributed by atoms with van der Waals surface area (Å²) in [5.41, 5.74) is 1.21. The van der Waals surface area contributed by atoms with E-state index in [0.29, 0.717) is 22.7 Å². The summed E-state index contributed by atoms with van der Waals surface area (Å²) in [4.78, 5) is 31.1. The average Bonchev–Trinajstić information content (AvgIpc) is 3.06. The van der Waals surface area contributed by atoms with E-state index >= 15 is 0 Å². The monoisotopic (exact) mass is 449 g/mol. The summed E-state index contributed by atoms with van der Waals surface area (Å²) < 4.78 is 24.0. The van der Waals surface area contributed by atoms with Gasteiger partial charge in [-0.3, -0.25) is 9.59 Å². The van der Waals surface area contributed by atoms with E-state index in [9.17, 15) is 23.3 Å². The number of sulfone groups is 1. The molecule has 3 rings (SSSR count). The number of ketones is 1. The molecule has 162 valence electrons. The molecule has 2 fully saturated rings. The van der Waals surface area contributed by atoms with E-state index in [1.807, 2.05) is 4.90 Å². The number of nitriles is 1. The standard InChI is InChI=1S/C21H27N3O4S2/c1-14-19(15(2)25)10-16(11-22)21(23-14)29-12-20(26)24(17-6-4-3-5-7-17)18-8-9-30(27,28)13-18/h10,17-18H,3-9,12-13H2,1-2H3. The summed E-state index contributed by atoms with van der Waals surface area (Å²) in [6, 6.07) is 3.40. The van der Waals surface area contributed by atoms with Gasteiger partial charge in [0.05, 0.1) is 22.8 Å². The third-order valence-corrected chi connectivity index (χ3v) is 8.59. The lowest BCUT2D eigenvalue weighted by molar-refractivity contribution is -0.133.